The Hall–Kier alpha value is -5.18. The van der Waals surface area contributed by atoms with Crippen molar-refractivity contribution in [3.05, 3.63) is 101 Å². The number of hydrogen-bond acceptors (Lipinski definition) is 5. The monoisotopic (exact) mass is 504 g/mol. The van der Waals surface area contributed by atoms with E-state index in [1.54, 1.807) is 31.0 Å². The largest absolute Gasteiger partial charge is 0.381 e. The van der Waals surface area contributed by atoms with Gasteiger partial charge >= 0.3 is 0 Å². The van der Waals surface area contributed by atoms with Crippen LogP contribution in [0.4, 0.5) is 5.69 Å². The van der Waals surface area contributed by atoms with Gasteiger partial charge in [0.15, 0.2) is 5.69 Å². The van der Waals surface area contributed by atoms with Crippen LogP contribution >= 0.6 is 0 Å². The van der Waals surface area contributed by atoms with E-state index >= 15 is 0 Å². The summed E-state index contributed by atoms with van der Waals surface area (Å²) in [6, 6.07) is 21.1. The van der Waals surface area contributed by atoms with E-state index in [-0.39, 0.29) is 11.5 Å². The number of aromatic amines is 1. The number of anilines is 1. The smallest absolute Gasteiger partial charge is 0.290 e. The van der Waals surface area contributed by atoms with Gasteiger partial charge < -0.3 is 14.8 Å². The molecule has 0 atom stereocenters. The van der Waals surface area contributed by atoms with E-state index in [2.05, 4.69) is 20.4 Å². The number of hydrogen-bond donors (Lipinski definition) is 2. The highest BCUT2D eigenvalue weighted by Crippen LogP contribution is 2.29. The number of fused-ring (bicyclic) bond motifs is 1. The number of rotatable bonds is 5. The Labute approximate surface area is 217 Å². The second-order valence-electron chi connectivity index (χ2n) is 9.08. The Balaban J connectivity index is 1.32. The number of amides is 1. The molecule has 2 N–H and O–H groups in total. The molecule has 3 aromatic heterocycles. The zero-order chi connectivity index (χ0) is 26.4. The molecule has 188 valence electrons. The lowest BCUT2D eigenvalue weighted by Gasteiger charge is -2.07. The SMILES string of the molecule is Cc1on(C)c(=O)c1-c1ccc(-c2ccc3c(c2)c(C(=O)Nc2cccc(-c4ncc[nH]4)c2)nn3C)cc1. The Kier molecular flexibility index (Phi) is 5.53. The van der Waals surface area contributed by atoms with Crippen molar-refractivity contribution in [1.82, 2.24) is 24.5 Å². The lowest BCUT2D eigenvalue weighted by molar-refractivity contribution is 0.102. The number of nitrogens with zero attached hydrogens (tertiary/aromatic N) is 4. The first kappa shape index (κ1) is 23.2. The minimum absolute atomic E-state index is 0.169. The molecule has 0 unspecified atom stereocenters. The van der Waals surface area contributed by atoms with Crippen LogP contribution in [0.1, 0.15) is 16.2 Å². The van der Waals surface area contributed by atoms with Crippen molar-refractivity contribution < 1.29 is 9.32 Å². The number of imidazole rings is 1. The average molecular weight is 505 g/mol. The summed E-state index contributed by atoms with van der Waals surface area (Å²) in [6.07, 6.45) is 3.44. The molecule has 0 aliphatic heterocycles. The first-order chi connectivity index (χ1) is 18.4. The molecule has 0 fully saturated rings. The van der Waals surface area contributed by atoms with Gasteiger partial charge in [0.1, 0.15) is 11.6 Å². The Morgan fingerprint density at radius 2 is 1.71 bits per heavy atom. The molecule has 0 saturated carbocycles. The molecule has 6 rings (SSSR count). The summed E-state index contributed by atoms with van der Waals surface area (Å²) in [4.78, 5) is 33.1. The molecule has 0 bridgehead atoms. The van der Waals surface area contributed by atoms with Crippen molar-refractivity contribution in [3.8, 4) is 33.6 Å². The van der Waals surface area contributed by atoms with Gasteiger partial charge in [-0.05, 0) is 47.9 Å². The Bertz CT molecular complexity index is 1860. The molecule has 0 radical (unpaired) electrons. The third-order valence-corrected chi connectivity index (χ3v) is 6.59. The summed E-state index contributed by atoms with van der Waals surface area (Å²) < 4.78 is 8.35. The fourth-order valence-corrected chi connectivity index (χ4v) is 4.73. The van der Waals surface area contributed by atoms with Crippen molar-refractivity contribution in [1.29, 1.82) is 0 Å². The minimum atomic E-state index is -0.300. The molecule has 0 saturated heterocycles. The molecule has 6 aromatic rings. The number of carbonyl (C=O) groups excluding carboxylic acids is 1. The quantitative estimate of drug-likeness (QED) is 0.337. The number of aromatic nitrogens is 5. The first-order valence-electron chi connectivity index (χ1n) is 12.0. The number of aryl methyl sites for hydroxylation is 3. The molecule has 9 heteroatoms. The van der Waals surface area contributed by atoms with E-state index in [0.717, 1.165) is 39.0 Å². The third kappa shape index (κ3) is 4.00. The van der Waals surface area contributed by atoms with Crippen molar-refractivity contribution in [2.24, 2.45) is 14.1 Å². The average Bonchev–Trinajstić information content (AvgIpc) is 3.63. The minimum Gasteiger partial charge on any atom is -0.381 e. The van der Waals surface area contributed by atoms with Crippen molar-refractivity contribution in [2.75, 3.05) is 5.32 Å². The van der Waals surface area contributed by atoms with Crippen LogP contribution in [0.15, 0.2) is 88.4 Å². The van der Waals surface area contributed by atoms with Gasteiger partial charge in [0, 0.05) is 43.1 Å². The van der Waals surface area contributed by atoms with Crippen molar-refractivity contribution in [2.45, 2.75) is 6.92 Å². The van der Waals surface area contributed by atoms with Gasteiger partial charge in [0.2, 0.25) is 0 Å². The van der Waals surface area contributed by atoms with Crippen LogP contribution in [0.25, 0.3) is 44.5 Å². The molecular formula is C29H24N6O3. The molecule has 3 heterocycles. The lowest BCUT2D eigenvalue weighted by Crippen LogP contribution is -2.13. The second-order valence-corrected chi connectivity index (χ2v) is 9.08. The normalized spacial score (nSPS) is 11.2. The fourth-order valence-electron chi connectivity index (χ4n) is 4.73. The van der Waals surface area contributed by atoms with Crippen LogP contribution in [0.3, 0.4) is 0 Å². The van der Waals surface area contributed by atoms with Crippen LogP contribution in [0.5, 0.6) is 0 Å². The molecule has 0 aliphatic carbocycles. The highest BCUT2D eigenvalue weighted by atomic mass is 16.5. The fraction of sp³-hybridized carbons (Fsp3) is 0.103. The van der Waals surface area contributed by atoms with Gasteiger partial charge in [-0.1, -0.05) is 42.5 Å². The molecule has 1 amide bonds. The Morgan fingerprint density at radius 3 is 2.42 bits per heavy atom. The number of carbonyl (C=O) groups is 1. The van der Waals surface area contributed by atoms with E-state index in [4.69, 9.17) is 4.52 Å². The van der Waals surface area contributed by atoms with Gasteiger partial charge in [-0.2, -0.15) is 9.84 Å². The Morgan fingerprint density at radius 1 is 0.947 bits per heavy atom. The van der Waals surface area contributed by atoms with Gasteiger partial charge in [0.05, 0.1) is 11.1 Å². The van der Waals surface area contributed by atoms with E-state index in [9.17, 15) is 9.59 Å². The van der Waals surface area contributed by atoms with Gasteiger partial charge in [-0.25, -0.2) is 4.98 Å². The zero-order valence-electron chi connectivity index (χ0n) is 21.0. The summed E-state index contributed by atoms with van der Waals surface area (Å²) in [5, 5.41) is 8.22. The summed E-state index contributed by atoms with van der Waals surface area (Å²) in [7, 11) is 3.42. The molecule has 9 nitrogen and oxygen atoms in total. The number of benzene rings is 3. The highest BCUT2D eigenvalue weighted by Gasteiger charge is 2.18. The maximum absolute atomic E-state index is 13.3. The predicted octanol–water partition coefficient (Wildman–Crippen LogP) is 5.15. The molecule has 0 spiro atoms. The second kappa shape index (κ2) is 9.04. The number of nitrogens with one attached hydrogen (secondary N) is 2. The van der Waals surface area contributed by atoms with Gasteiger partial charge in [-0.15, -0.1) is 0 Å². The van der Waals surface area contributed by atoms with Crippen LogP contribution in [-0.2, 0) is 14.1 Å². The topological polar surface area (TPSA) is 111 Å². The maximum Gasteiger partial charge on any atom is 0.290 e. The standard InChI is InChI=1S/C29H24N6O3/c1-17-25(29(37)35(3)38-17)19-9-7-18(8-10-19)20-11-12-24-23(16-20)26(33-34(24)2)28(36)32-22-6-4-5-21(15-22)27-30-13-14-31-27/h4-16H,1-3H3,(H,30,31)(H,32,36). The lowest BCUT2D eigenvalue weighted by atomic mass is 9.99. The third-order valence-electron chi connectivity index (χ3n) is 6.59. The van der Waals surface area contributed by atoms with Crippen molar-refractivity contribution >= 4 is 22.5 Å². The predicted molar refractivity (Wildman–Crippen MR) is 146 cm³/mol. The molecule has 38 heavy (non-hydrogen) atoms. The van der Waals surface area contributed by atoms with E-state index in [1.807, 2.05) is 73.8 Å². The van der Waals surface area contributed by atoms with Crippen LogP contribution < -0.4 is 10.9 Å². The number of H-pyrrole nitrogens is 1. The van der Waals surface area contributed by atoms with Crippen LogP contribution in [0, 0.1) is 6.92 Å². The molecular weight excluding hydrogens is 480 g/mol. The summed E-state index contributed by atoms with van der Waals surface area (Å²) in [5.41, 5.74) is 5.76. The van der Waals surface area contributed by atoms with E-state index in [1.165, 1.54) is 4.74 Å². The van der Waals surface area contributed by atoms with E-state index < -0.39 is 0 Å². The van der Waals surface area contributed by atoms with Crippen LogP contribution in [0.2, 0.25) is 0 Å². The molecule has 3 aromatic carbocycles. The van der Waals surface area contributed by atoms with Crippen LogP contribution in [-0.4, -0.2) is 30.4 Å². The summed E-state index contributed by atoms with van der Waals surface area (Å²) in [6.45, 7) is 1.78. The van der Waals surface area contributed by atoms with Crippen molar-refractivity contribution in [3.63, 3.8) is 0 Å². The van der Waals surface area contributed by atoms with Gasteiger partial charge in [0.25, 0.3) is 11.5 Å². The summed E-state index contributed by atoms with van der Waals surface area (Å²) in [5.74, 6) is 1.00. The maximum atomic E-state index is 13.3. The summed E-state index contributed by atoms with van der Waals surface area (Å²) >= 11 is 0. The van der Waals surface area contributed by atoms with E-state index in [0.29, 0.717) is 22.7 Å². The zero-order valence-corrected chi connectivity index (χ0v) is 21.0. The highest BCUT2D eigenvalue weighted by molar-refractivity contribution is 6.12. The van der Waals surface area contributed by atoms with Gasteiger partial charge in [-0.3, -0.25) is 14.3 Å². The molecule has 0 aliphatic rings. The first-order valence-corrected chi connectivity index (χ1v) is 12.0.